The normalized spacial score (nSPS) is 11.1. The summed E-state index contributed by atoms with van der Waals surface area (Å²) in [6.07, 6.45) is 0. The number of ketones is 1. The number of hydrogen-bond donors (Lipinski definition) is 2. The molecule has 0 heterocycles. The van der Waals surface area contributed by atoms with Crippen LogP contribution in [-0.4, -0.2) is 62.5 Å². The van der Waals surface area contributed by atoms with Gasteiger partial charge in [-0.3, -0.25) is 19.2 Å². The minimum Gasteiger partial charge on any atom is -0.454 e. The molecule has 0 saturated carbocycles. The van der Waals surface area contributed by atoms with Crippen molar-refractivity contribution in [2.24, 2.45) is 0 Å². The summed E-state index contributed by atoms with van der Waals surface area (Å²) in [7, 11) is -3.64. The Hall–Kier alpha value is -3.57. The molecule has 2 amide bonds. The topological polar surface area (TPSA) is 139 Å². The molecule has 182 valence electrons. The van der Waals surface area contributed by atoms with Crippen molar-refractivity contribution in [3.05, 3.63) is 59.7 Å². The highest BCUT2D eigenvalue weighted by Crippen LogP contribution is 2.17. The van der Waals surface area contributed by atoms with Crippen LogP contribution in [0.5, 0.6) is 0 Å². The number of benzene rings is 2. The van der Waals surface area contributed by atoms with Crippen molar-refractivity contribution in [2.75, 3.05) is 31.6 Å². The molecule has 10 nitrogen and oxygen atoms in total. The first-order valence-corrected chi connectivity index (χ1v) is 12.0. The molecule has 0 aliphatic heterocycles. The molecule has 0 atom stereocenters. The third kappa shape index (κ3) is 6.96. The zero-order valence-electron chi connectivity index (χ0n) is 19.2. The highest BCUT2D eigenvalue weighted by Gasteiger charge is 2.22. The van der Waals surface area contributed by atoms with E-state index < -0.39 is 41.0 Å². The van der Waals surface area contributed by atoms with Crippen molar-refractivity contribution in [3.8, 4) is 0 Å². The van der Waals surface area contributed by atoms with E-state index in [1.807, 2.05) is 0 Å². The van der Waals surface area contributed by atoms with E-state index in [1.165, 1.54) is 35.5 Å². The van der Waals surface area contributed by atoms with Gasteiger partial charge in [-0.15, -0.1) is 0 Å². The van der Waals surface area contributed by atoms with Gasteiger partial charge in [-0.05, 0) is 43.3 Å². The van der Waals surface area contributed by atoms with Gasteiger partial charge in [0.1, 0.15) is 6.54 Å². The van der Waals surface area contributed by atoms with Crippen molar-refractivity contribution in [3.63, 3.8) is 0 Å². The summed E-state index contributed by atoms with van der Waals surface area (Å²) in [4.78, 5) is 47.8. The Morgan fingerprint density at radius 3 is 2.15 bits per heavy atom. The molecule has 0 radical (unpaired) electrons. The largest absolute Gasteiger partial charge is 0.454 e. The van der Waals surface area contributed by atoms with Gasteiger partial charge in [0.2, 0.25) is 10.0 Å². The summed E-state index contributed by atoms with van der Waals surface area (Å²) in [6, 6.07) is 11.8. The second kappa shape index (κ2) is 12.1. The lowest BCUT2D eigenvalue weighted by molar-refractivity contribution is -0.146. The second-order valence-electron chi connectivity index (χ2n) is 7.11. The van der Waals surface area contributed by atoms with Gasteiger partial charge in [-0.25, -0.2) is 8.42 Å². The van der Waals surface area contributed by atoms with Gasteiger partial charge in [0, 0.05) is 24.2 Å². The summed E-state index contributed by atoms with van der Waals surface area (Å²) in [5.74, 6) is -2.32. The molecule has 0 spiro atoms. The molecule has 0 aromatic heterocycles. The molecule has 0 bridgehead atoms. The quantitative estimate of drug-likeness (QED) is 0.363. The molecule has 11 heteroatoms. The zero-order chi connectivity index (χ0) is 25.3. The van der Waals surface area contributed by atoms with Crippen LogP contribution in [-0.2, 0) is 24.3 Å². The van der Waals surface area contributed by atoms with E-state index in [9.17, 15) is 27.6 Å². The monoisotopic (exact) mass is 489 g/mol. The smallest absolute Gasteiger partial charge is 0.325 e. The Labute approximate surface area is 198 Å². The Balaban J connectivity index is 1.85. The van der Waals surface area contributed by atoms with E-state index in [0.717, 1.165) is 0 Å². The molecule has 0 unspecified atom stereocenters. The van der Waals surface area contributed by atoms with Crippen LogP contribution in [0.1, 0.15) is 41.5 Å². The van der Waals surface area contributed by atoms with Crippen molar-refractivity contribution in [1.82, 2.24) is 9.62 Å². The fourth-order valence-electron chi connectivity index (χ4n) is 3.03. The molecular formula is C23H27N3O7S. The maximum absolute atomic E-state index is 12.5. The van der Waals surface area contributed by atoms with Crippen molar-refractivity contribution in [1.29, 1.82) is 0 Å². The van der Waals surface area contributed by atoms with Crippen LogP contribution in [0.25, 0.3) is 0 Å². The highest BCUT2D eigenvalue weighted by molar-refractivity contribution is 7.89. The molecule has 0 aliphatic carbocycles. The number of Topliss-reactive ketones (excluding diaryl/α,β-unsaturated/α-hetero) is 1. The van der Waals surface area contributed by atoms with Gasteiger partial charge in [-0.1, -0.05) is 26.0 Å². The van der Waals surface area contributed by atoms with E-state index in [1.54, 1.807) is 38.1 Å². The average Bonchev–Trinajstić information content (AvgIpc) is 2.82. The number of sulfonamides is 1. The molecule has 2 aromatic carbocycles. The third-order valence-corrected chi connectivity index (χ3v) is 6.86. The molecule has 2 N–H and O–H groups in total. The number of nitrogens with zero attached hydrogens (tertiary/aromatic N) is 1. The van der Waals surface area contributed by atoms with Crippen LogP contribution in [0.3, 0.4) is 0 Å². The van der Waals surface area contributed by atoms with E-state index in [4.69, 9.17) is 4.74 Å². The lowest BCUT2D eigenvalue weighted by Gasteiger charge is -2.18. The predicted molar refractivity (Wildman–Crippen MR) is 125 cm³/mol. The standard InChI is InChI=1S/C23H27N3O7S/c1-4-26(5-2)34(31,32)18-12-10-17(11-13-18)23(30)24-14-22(29)33-15-21(28)25-20-9-7-6-8-19(20)16(3)27/h6-13H,4-5,14-15H2,1-3H3,(H,24,30)(H,25,28). The molecule has 0 saturated heterocycles. The zero-order valence-corrected chi connectivity index (χ0v) is 20.0. The Morgan fingerprint density at radius 2 is 1.56 bits per heavy atom. The van der Waals surface area contributed by atoms with Gasteiger partial charge >= 0.3 is 5.97 Å². The fraction of sp³-hybridized carbons (Fsp3) is 0.304. The number of rotatable bonds is 11. The van der Waals surface area contributed by atoms with E-state index >= 15 is 0 Å². The number of carbonyl (C=O) groups excluding carboxylic acids is 4. The van der Waals surface area contributed by atoms with E-state index in [0.29, 0.717) is 24.3 Å². The number of hydrogen-bond acceptors (Lipinski definition) is 7. The first-order chi connectivity index (χ1) is 16.1. The van der Waals surface area contributed by atoms with Gasteiger partial charge in [-0.2, -0.15) is 4.31 Å². The summed E-state index contributed by atoms with van der Waals surface area (Å²) in [5.41, 5.74) is 0.783. The van der Waals surface area contributed by atoms with Crippen LogP contribution in [0.15, 0.2) is 53.4 Å². The van der Waals surface area contributed by atoms with E-state index in [-0.39, 0.29) is 16.2 Å². The maximum Gasteiger partial charge on any atom is 0.325 e. The van der Waals surface area contributed by atoms with Gasteiger partial charge < -0.3 is 15.4 Å². The number of para-hydroxylation sites is 1. The summed E-state index contributed by atoms with van der Waals surface area (Å²) >= 11 is 0. The maximum atomic E-state index is 12.5. The molecule has 0 aliphatic rings. The number of ether oxygens (including phenoxy) is 1. The first kappa shape index (κ1) is 26.7. The molecule has 2 aromatic rings. The molecule has 2 rings (SSSR count). The molecular weight excluding hydrogens is 462 g/mol. The first-order valence-electron chi connectivity index (χ1n) is 10.5. The number of carbonyl (C=O) groups is 4. The van der Waals surface area contributed by atoms with Crippen molar-refractivity contribution >= 4 is 39.3 Å². The van der Waals surface area contributed by atoms with Gasteiger partial charge in [0.25, 0.3) is 11.8 Å². The van der Waals surface area contributed by atoms with Gasteiger partial charge in [0.05, 0.1) is 10.6 Å². The number of nitrogens with one attached hydrogen (secondary N) is 2. The summed E-state index contributed by atoms with van der Waals surface area (Å²) in [5, 5.41) is 4.84. The highest BCUT2D eigenvalue weighted by atomic mass is 32.2. The number of esters is 1. The third-order valence-electron chi connectivity index (χ3n) is 4.80. The average molecular weight is 490 g/mol. The minimum absolute atomic E-state index is 0.0597. The Bertz CT molecular complexity index is 1160. The van der Waals surface area contributed by atoms with Gasteiger partial charge in [0.15, 0.2) is 12.4 Å². The second-order valence-corrected chi connectivity index (χ2v) is 9.04. The Kier molecular flexibility index (Phi) is 9.46. The fourth-order valence-corrected chi connectivity index (χ4v) is 4.49. The van der Waals surface area contributed by atoms with Crippen LogP contribution < -0.4 is 10.6 Å². The van der Waals surface area contributed by atoms with Crippen LogP contribution in [0.2, 0.25) is 0 Å². The van der Waals surface area contributed by atoms with Crippen LogP contribution in [0, 0.1) is 0 Å². The van der Waals surface area contributed by atoms with E-state index in [2.05, 4.69) is 10.6 Å². The van der Waals surface area contributed by atoms with Crippen LogP contribution in [0.4, 0.5) is 5.69 Å². The van der Waals surface area contributed by atoms with Crippen LogP contribution >= 0.6 is 0 Å². The number of amides is 2. The molecule has 34 heavy (non-hydrogen) atoms. The van der Waals surface area contributed by atoms with Crippen molar-refractivity contribution in [2.45, 2.75) is 25.7 Å². The number of anilines is 1. The predicted octanol–water partition coefficient (Wildman–Crippen LogP) is 1.83. The Morgan fingerprint density at radius 1 is 0.941 bits per heavy atom. The van der Waals surface area contributed by atoms with Crippen molar-refractivity contribution < 1.29 is 32.3 Å². The minimum atomic E-state index is -3.64. The molecule has 0 fully saturated rings. The summed E-state index contributed by atoms with van der Waals surface area (Å²) < 4.78 is 31.1. The summed E-state index contributed by atoms with van der Waals surface area (Å²) in [6.45, 7) is 4.39. The lowest BCUT2D eigenvalue weighted by Crippen LogP contribution is -2.32. The SMILES string of the molecule is CCN(CC)S(=O)(=O)c1ccc(C(=O)NCC(=O)OCC(=O)Nc2ccccc2C(C)=O)cc1. The lowest BCUT2D eigenvalue weighted by atomic mass is 10.1.